The van der Waals surface area contributed by atoms with Crippen LogP contribution in [0.1, 0.15) is 21.3 Å². The number of aliphatic hydroxyl groups is 2. The van der Waals surface area contributed by atoms with E-state index in [2.05, 4.69) is 15.9 Å². The Morgan fingerprint density at radius 3 is 2.71 bits per heavy atom. The molecular formula is C8H9BrO4S. The van der Waals surface area contributed by atoms with E-state index in [0.29, 0.717) is 0 Å². The normalized spacial score (nSPS) is 15.1. The molecule has 2 atom stereocenters. The van der Waals surface area contributed by atoms with E-state index >= 15 is 0 Å². The third-order valence-corrected chi connectivity index (χ3v) is 3.37. The molecule has 1 rings (SSSR count). The molecule has 0 aliphatic rings. The van der Waals surface area contributed by atoms with Gasteiger partial charge in [-0.1, -0.05) is 15.9 Å². The van der Waals surface area contributed by atoms with Gasteiger partial charge in [-0.05, 0) is 11.4 Å². The smallest absolute Gasteiger partial charge is 0.336 e. The van der Waals surface area contributed by atoms with Crippen LogP contribution in [0.5, 0.6) is 0 Å². The van der Waals surface area contributed by atoms with E-state index in [1.165, 1.54) is 6.07 Å². The second kappa shape index (κ2) is 4.88. The van der Waals surface area contributed by atoms with Crippen molar-refractivity contribution in [3.8, 4) is 0 Å². The lowest BCUT2D eigenvalue weighted by Gasteiger charge is -2.14. The summed E-state index contributed by atoms with van der Waals surface area (Å²) >= 11 is 4.13. The molecule has 0 radical (unpaired) electrons. The summed E-state index contributed by atoms with van der Waals surface area (Å²) in [6, 6.07) is 1.41. The van der Waals surface area contributed by atoms with Gasteiger partial charge in [0.15, 0.2) is 0 Å². The van der Waals surface area contributed by atoms with Crippen molar-refractivity contribution in [1.82, 2.24) is 0 Å². The van der Waals surface area contributed by atoms with Gasteiger partial charge in [0.1, 0.15) is 6.10 Å². The Hall–Kier alpha value is -0.430. The molecule has 78 valence electrons. The van der Waals surface area contributed by atoms with Crippen LogP contribution in [0.3, 0.4) is 0 Å². The molecule has 0 aromatic carbocycles. The summed E-state index contributed by atoms with van der Waals surface area (Å²) in [6.45, 7) is 0. The number of alkyl halides is 1. The first-order valence-corrected chi connectivity index (χ1v) is 5.80. The second-order valence-electron chi connectivity index (χ2n) is 2.67. The molecule has 1 aromatic rings. The summed E-state index contributed by atoms with van der Waals surface area (Å²) in [7, 11) is 0. The Morgan fingerprint density at radius 1 is 1.57 bits per heavy atom. The summed E-state index contributed by atoms with van der Waals surface area (Å²) in [6.07, 6.45) is -2.15. The summed E-state index contributed by atoms with van der Waals surface area (Å²) in [4.78, 5) is 11.0. The Morgan fingerprint density at radius 2 is 2.21 bits per heavy atom. The van der Waals surface area contributed by atoms with Crippen LogP contribution in [-0.4, -0.2) is 32.7 Å². The SMILES string of the molecule is O=C(O)c1ccsc1C(O)C(O)CBr. The molecule has 0 spiro atoms. The van der Waals surface area contributed by atoms with Gasteiger partial charge in [-0.15, -0.1) is 11.3 Å². The third kappa shape index (κ3) is 2.33. The molecule has 2 unspecified atom stereocenters. The highest BCUT2D eigenvalue weighted by Gasteiger charge is 2.23. The standard InChI is InChI=1S/C8H9BrO4S/c9-3-5(10)6(11)7-4(8(12)13)1-2-14-7/h1-2,5-6,10-11H,3H2,(H,12,13). The van der Waals surface area contributed by atoms with Crippen molar-refractivity contribution in [3.63, 3.8) is 0 Å². The molecule has 6 heteroatoms. The van der Waals surface area contributed by atoms with E-state index < -0.39 is 18.2 Å². The van der Waals surface area contributed by atoms with Crippen LogP contribution in [0.15, 0.2) is 11.4 Å². The molecule has 0 saturated heterocycles. The molecule has 0 aliphatic heterocycles. The van der Waals surface area contributed by atoms with Gasteiger partial charge in [0.2, 0.25) is 0 Å². The number of carbonyl (C=O) groups is 1. The maximum atomic E-state index is 10.7. The van der Waals surface area contributed by atoms with Gasteiger partial charge < -0.3 is 15.3 Å². The largest absolute Gasteiger partial charge is 0.478 e. The van der Waals surface area contributed by atoms with Crippen LogP contribution in [0.25, 0.3) is 0 Å². The van der Waals surface area contributed by atoms with Crippen molar-refractivity contribution in [2.24, 2.45) is 0 Å². The maximum absolute atomic E-state index is 10.7. The lowest BCUT2D eigenvalue weighted by Crippen LogP contribution is -2.20. The molecule has 1 heterocycles. The second-order valence-corrected chi connectivity index (χ2v) is 4.27. The van der Waals surface area contributed by atoms with Crippen molar-refractivity contribution < 1.29 is 20.1 Å². The molecule has 1 aromatic heterocycles. The number of carboxylic acid groups (broad SMARTS) is 1. The highest BCUT2D eigenvalue weighted by molar-refractivity contribution is 9.09. The van der Waals surface area contributed by atoms with Crippen molar-refractivity contribution in [2.45, 2.75) is 12.2 Å². The van der Waals surface area contributed by atoms with Crippen molar-refractivity contribution in [2.75, 3.05) is 5.33 Å². The molecule has 3 N–H and O–H groups in total. The quantitative estimate of drug-likeness (QED) is 0.725. The fourth-order valence-corrected chi connectivity index (χ4v) is 2.27. The fourth-order valence-electron chi connectivity index (χ4n) is 0.986. The number of aromatic carboxylic acids is 1. The molecule has 4 nitrogen and oxygen atoms in total. The minimum Gasteiger partial charge on any atom is -0.478 e. The number of hydrogen-bond donors (Lipinski definition) is 3. The van der Waals surface area contributed by atoms with Gasteiger partial charge in [0.25, 0.3) is 0 Å². The average molecular weight is 281 g/mol. The number of rotatable bonds is 4. The Kier molecular flexibility index (Phi) is 4.06. The average Bonchev–Trinajstić information content (AvgIpc) is 2.63. The zero-order chi connectivity index (χ0) is 10.7. The molecule has 0 bridgehead atoms. The van der Waals surface area contributed by atoms with Gasteiger partial charge in [-0.2, -0.15) is 0 Å². The first-order chi connectivity index (χ1) is 6.57. The first-order valence-electron chi connectivity index (χ1n) is 3.80. The number of hydrogen-bond acceptors (Lipinski definition) is 4. The maximum Gasteiger partial charge on any atom is 0.336 e. The van der Waals surface area contributed by atoms with Gasteiger partial charge in [0.05, 0.1) is 16.5 Å². The Bertz CT molecular complexity index is 325. The van der Waals surface area contributed by atoms with Gasteiger partial charge in [0, 0.05) is 5.33 Å². The Labute approximate surface area is 92.9 Å². The lowest BCUT2D eigenvalue weighted by atomic mass is 10.1. The summed E-state index contributed by atoms with van der Waals surface area (Å²) < 4.78 is 0. The van der Waals surface area contributed by atoms with Crippen LogP contribution in [-0.2, 0) is 0 Å². The molecule has 0 saturated carbocycles. The molecule has 0 fully saturated rings. The first kappa shape index (κ1) is 11.6. The summed E-state index contributed by atoms with van der Waals surface area (Å²) in [5, 5.41) is 29.4. The highest BCUT2D eigenvalue weighted by atomic mass is 79.9. The number of aliphatic hydroxyl groups excluding tert-OH is 2. The van der Waals surface area contributed by atoms with Gasteiger partial charge in [-0.3, -0.25) is 0 Å². The van der Waals surface area contributed by atoms with E-state index in [-0.39, 0.29) is 15.8 Å². The molecule has 0 amide bonds. The predicted octanol–water partition coefficient (Wildman–Crippen LogP) is 1.24. The highest BCUT2D eigenvalue weighted by Crippen LogP contribution is 2.27. The fraction of sp³-hybridized carbons (Fsp3) is 0.375. The van der Waals surface area contributed by atoms with Crippen LogP contribution in [0.2, 0.25) is 0 Å². The van der Waals surface area contributed by atoms with E-state index in [1.54, 1.807) is 5.38 Å². The van der Waals surface area contributed by atoms with Crippen LogP contribution >= 0.6 is 27.3 Å². The van der Waals surface area contributed by atoms with Crippen molar-refractivity contribution in [3.05, 3.63) is 21.9 Å². The number of carboxylic acids is 1. The van der Waals surface area contributed by atoms with E-state index in [4.69, 9.17) is 5.11 Å². The van der Waals surface area contributed by atoms with Crippen LogP contribution in [0.4, 0.5) is 0 Å². The van der Waals surface area contributed by atoms with E-state index in [1.807, 2.05) is 0 Å². The minimum atomic E-state index is -1.15. The predicted molar refractivity (Wildman–Crippen MR) is 56.0 cm³/mol. The zero-order valence-corrected chi connectivity index (χ0v) is 9.46. The monoisotopic (exact) mass is 280 g/mol. The number of halogens is 1. The zero-order valence-electron chi connectivity index (χ0n) is 7.05. The van der Waals surface area contributed by atoms with Crippen molar-refractivity contribution >= 4 is 33.2 Å². The lowest BCUT2D eigenvalue weighted by molar-refractivity contribution is 0.0351. The summed E-state index contributed by atoms with van der Waals surface area (Å²) in [5.74, 6) is -1.10. The minimum absolute atomic E-state index is 0.0440. The van der Waals surface area contributed by atoms with E-state index in [0.717, 1.165) is 11.3 Å². The summed E-state index contributed by atoms with van der Waals surface area (Å²) in [5.41, 5.74) is 0.0440. The topological polar surface area (TPSA) is 77.8 Å². The van der Waals surface area contributed by atoms with E-state index in [9.17, 15) is 15.0 Å². The molecule has 0 aliphatic carbocycles. The van der Waals surface area contributed by atoms with Gasteiger partial charge in [-0.25, -0.2) is 4.79 Å². The van der Waals surface area contributed by atoms with Crippen LogP contribution < -0.4 is 0 Å². The number of thiophene rings is 1. The molecule has 14 heavy (non-hydrogen) atoms. The molecular weight excluding hydrogens is 272 g/mol. The Balaban J connectivity index is 2.94. The third-order valence-electron chi connectivity index (χ3n) is 1.72. The van der Waals surface area contributed by atoms with Gasteiger partial charge >= 0.3 is 5.97 Å². The van der Waals surface area contributed by atoms with Crippen LogP contribution in [0, 0.1) is 0 Å². The van der Waals surface area contributed by atoms with Crippen molar-refractivity contribution in [1.29, 1.82) is 0 Å².